The Balaban J connectivity index is 2.31. The summed E-state index contributed by atoms with van der Waals surface area (Å²) in [6, 6.07) is 9.05. The third kappa shape index (κ3) is 4.50. The van der Waals surface area contributed by atoms with Gasteiger partial charge in [-0.1, -0.05) is 6.92 Å². The minimum absolute atomic E-state index is 0.0321. The molecule has 0 aliphatic carbocycles. The number of carbonyl (C=O) groups is 1. The first-order valence-electron chi connectivity index (χ1n) is 8.77. The number of nitriles is 1. The van der Waals surface area contributed by atoms with Gasteiger partial charge in [-0.25, -0.2) is 0 Å². The molecule has 27 heavy (non-hydrogen) atoms. The topological polar surface area (TPSA) is 76.3 Å². The van der Waals surface area contributed by atoms with Gasteiger partial charge in [0.2, 0.25) is 0 Å². The lowest BCUT2D eigenvalue weighted by Crippen LogP contribution is -2.14. The monoisotopic (exact) mass is 367 g/mol. The molecule has 0 atom stereocenters. The molecular formula is C21H25N3O3. The lowest BCUT2D eigenvalue weighted by atomic mass is 10.1. The maximum Gasteiger partial charge on any atom is 0.266 e. The van der Waals surface area contributed by atoms with E-state index in [2.05, 4.69) is 16.8 Å². The van der Waals surface area contributed by atoms with Crippen molar-refractivity contribution >= 4 is 17.7 Å². The zero-order valence-corrected chi connectivity index (χ0v) is 16.4. The van der Waals surface area contributed by atoms with Gasteiger partial charge in [0.15, 0.2) is 0 Å². The predicted molar refractivity (Wildman–Crippen MR) is 106 cm³/mol. The number of carbonyl (C=O) groups excluding carboxylic acids is 1. The molecule has 1 heterocycles. The van der Waals surface area contributed by atoms with E-state index in [0.717, 1.165) is 29.9 Å². The van der Waals surface area contributed by atoms with Gasteiger partial charge in [0, 0.05) is 24.0 Å². The Kier molecular flexibility index (Phi) is 6.67. The molecule has 0 spiro atoms. The van der Waals surface area contributed by atoms with Crippen molar-refractivity contribution in [3.05, 3.63) is 46.8 Å². The average Bonchev–Trinajstić information content (AvgIpc) is 2.93. The fourth-order valence-electron chi connectivity index (χ4n) is 2.94. The Morgan fingerprint density at radius 2 is 2.00 bits per heavy atom. The van der Waals surface area contributed by atoms with Gasteiger partial charge in [0.25, 0.3) is 5.91 Å². The van der Waals surface area contributed by atoms with Crippen LogP contribution in [0.15, 0.2) is 29.8 Å². The van der Waals surface area contributed by atoms with E-state index in [0.29, 0.717) is 17.2 Å². The number of aryl methyl sites for hydroxylation is 1. The number of benzene rings is 1. The Morgan fingerprint density at radius 3 is 2.59 bits per heavy atom. The Hall–Kier alpha value is -3.20. The van der Waals surface area contributed by atoms with Crippen LogP contribution in [0.2, 0.25) is 0 Å². The fraction of sp³-hybridized carbons (Fsp3) is 0.333. The highest BCUT2D eigenvalue weighted by Crippen LogP contribution is 2.29. The number of aromatic nitrogens is 1. The number of nitrogens with one attached hydrogen (secondary N) is 1. The average molecular weight is 367 g/mol. The Bertz CT molecular complexity index is 904. The first-order valence-corrected chi connectivity index (χ1v) is 8.77. The summed E-state index contributed by atoms with van der Waals surface area (Å²) < 4.78 is 12.6. The van der Waals surface area contributed by atoms with Gasteiger partial charge in [-0.3, -0.25) is 4.79 Å². The van der Waals surface area contributed by atoms with Crippen molar-refractivity contribution < 1.29 is 14.3 Å². The SMILES string of the molecule is CCCn1c(C)cc(/C=C(\C#N)C(=O)Nc2ccc(OC)cc2OC)c1C. The van der Waals surface area contributed by atoms with Crippen molar-refractivity contribution in [3.8, 4) is 17.6 Å². The van der Waals surface area contributed by atoms with Gasteiger partial charge in [0.05, 0.1) is 19.9 Å². The summed E-state index contributed by atoms with van der Waals surface area (Å²) >= 11 is 0. The molecular weight excluding hydrogens is 342 g/mol. The summed E-state index contributed by atoms with van der Waals surface area (Å²) in [5.74, 6) is 0.589. The molecule has 2 aromatic rings. The molecule has 0 bridgehead atoms. The molecule has 0 aliphatic rings. The zero-order valence-electron chi connectivity index (χ0n) is 16.4. The molecule has 1 aromatic carbocycles. The summed E-state index contributed by atoms with van der Waals surface area (Å²) in [5, 5.41) is 12.2. The van der Waals surface area contributed by atoms with Crippen LogP contribution in [0.1, 0.15) is 30.3 Å². The quantitative estimate of drug-likeness (QED) is 0.591. The van der Waals surface area contributed by atoms with Crippen molar-refractivity contribution in [1.29, 1.82) is 5.26 Å². The van der Waals surface area contributed by atoms with Crippen LogP contribution in [-0.2, 0) is 11.3 Å². The second kappa shape index (κ2) is 8.95. The molecule has 2 rings (SSSR count). The van der Waals surface area contributed by atoms with Crippen molar-refractivity contribution in [3.63, 3.8) is 0 Å². The standard InChI is InChI=1S/C21H25N3O3/c1-6-9-24-14(2)10-16(15(24)3)11-17(13-22)21(25)23-19-8-7-18(26-4)12-20(19)27-5/h7-8,10-12H,6,9H2,1-5H3,(H,23,25)/b17-11+. The number of hydrogen-bond acceptors (Lipinski definition) is 4. The van der Waals surface area contributed by atoms with E-state index in [4.69, 9.17) is 9.47 Å². The van der Waals surface area contributed by atoms with Crippen LogP contribution in [0.25, 0.3) is 6.08 Å². The largest absolute Gasteiger partial charge is 0.497 e. The summed E-state index contributed by atoms with van der Waals surface area (Å²) in [6.45, 7) is 7.04. The van der Waals surface area contributed by atoms with E-state index in [-0.39, 0.29) is 5.57 Å². The maximum atomic E-state index is 12.6. The molecule has 0 unspecified atom stereocenters. The molecule has 0 radical (unpaired) electrons. The predicted octanol–water partition coefficient (Wildman–Crippen LogP) is 4.08. The van der Waals surface area contributed by atoms with E-state index in [1.807, 2.05) is 26.0 Å². The molecule has 0 saturated heterocycles. The molecule has 0 aliphatic heterocycles. The molecule has 142 valence electrons. The van der Waals surface area contributed by atoms with E-state index in [1.165, 1.54) is 7.11 Å². The number of anilines is 1. The third-order valence-electron chi connectivity index (χ3n) is 4.38. The van der Waals surface area contributed by atoms with Crippen LogP contribution in [0, 0.1) is 25.2 Å². The smallest absolute Gasteiger partial charge is 0.266 e. The van der Waals surface area contributed by atoms with Crippen LogP contribution < -0.4 is 14.8 Å². The number of rotatable bonds is 7. The lowest BCUT2D eigenvalue weighted by molar-refractivity contribution is -0.112. The molecule has 6 nitrogen and oxygen atoms in total. The second-order valence-electron chi connectivity index (χ2n) is 6.17. The van der Waals surface area contributed by atoms with Crippen LogP contribution in [0.3, 0.4) is 0 Å². The van der Waals surface area contributed by atoms with Crippen LogP contribution in [-0.4, -0.2) is 24.7 Å². The fourth-order valence-corrected chi connectivity index (χ4v) is 2.94. The van der Waals surface area contributed by atoms with Gasteiger partial charge in [-0.15, -0.1) is 0 Å². The highest BCUT2D eigenvalue weighted by atomic mass is 16.5. The van der Waals surface area contributed by atoms with E-state index in [1.54, 1.807) is 31.4 Å². The third-order valence-corrected chi connectivity index (χ3v) is 4.38. The number of hydrogen-bond donors (Lipinski definition) is 1. The first kappa shape index (κ1) is 20.1. The van der Waals surface area contributed by atoms with Gasteiger partial charge >= 0.3 is 0 Å². The summed E-state index contributed by atoms with van der Waals surface area (Å²) in [4.78, 5) is 12.6. The maximum absolute atomic E-state index is 12.6. The number of methoxy groups -OCH3 is 2. The van der Waals surface area contributed by atoms with Crippen LogP contribution >= 0.6 is 0 Å². The van der Waals surface area contributed by atoms with Crippen LogP contribution in [0.4, 0.5) is 5.69 Å². The van der Waals surface area contributed by atoms with Crippen molar-refractivity contribution in [2.24, 2.45) is 0 Å². The highest BCUT2D eigenvalue weighted by Gasteiger charge is 2.15. The second-order valence-corrected chi connectivity index (χ2v) is 6.17. The minimum Gasteiger partial charge on any atom is -0.497 e. The van der Waals surface area contributed by atoms with Crippen molar-refractivity contribution in [2.45, 2.75) is 33.7 Å². The normalized spacial score (nSPS) is 11.0. The Labute approximate surface area is 160 Å². The van der Waals surface area contributed by atoms with Gasteiger partial charge in [-0.05, 0) is 50.1 Å². The molecule has 1 amide bonds. The van der Waals surface area contributed by atoms with Gasteiger partial charge in [-0.2, -0.15) is 5.26 Å². The number of nitrogens with zero attached hydrogens (tertiary/aromatic N) is 2. The summed E-state index contributed by atoms with van der Waals surface area (Å²) in [7, 11) is 3.06. The molecule has 1 N–H and O–H groups in total. The lowest BCUT2D eigenvalue weighted by Gasteiger charge is -2.11. The Morgan fingerprint density at radius 1 is 1.26 bits per heavy atom. The van der Waals surface area contributed by atoms with Crippen LogP contribution in [0.5, 0.6) is 11.5 Å². The summed E-state index contributed by atoms with van der Waals surface area (Å²) in [5.41, 5.74) is 3.52. The van der Waals surface area contributed by atoms with E-state index in [9.17, 15) is 10.1 Å². The van der Waals surface area contributed by atoms with E-state index >= 15 is 0 Å². The van der Waals surface area contributed by atoms with Gasteiger partial charge < -0.3 is 19.4 Å². The van der Waals surface area contributed by atoms with E-state index < -0.39 is 5.91 Å². The number of amides is 1. The summed E-state index contributed by atoms with van der Waals surface area (Å²) in [6.07, 6.45) is 2.64. The minimum atomic E-state index is -0.485. The van der Waals surface area contributed by atoms with Gasteiger partial charge in [0.1, 0.15) is 23.1 Å². The number of ether oxygens (including phenoxy) is 2. The first-order chi connectivity index (χ1) is 12.9. The molecule has 1 aromatic heterocycles. The highest BCUT2D eigenvalue weighted by molar-refractivity contribution is 6.10. The molecule has 0 saturated carbocycles. The molecule has 6 heteroatoms. The zero-order chi connectivity index (χ0) is 20.0. The molecule has 0 fully saturated rings. The van der Waals surface area contributed by atoms with Crippen molar-refractivity contribution in [2.75, 3.05) is 19.5 Å². The van der Waals surface area contributed by atoms with Crippen molar-refractivity contribution in [1.82, 2.24) is 4.57 Å².